The van der Waals surface area contributed by atoms with E-state index in [9.17, 15) is 4.79 Å². The van der Waals surface area contributed by atoms with Crippen LogP contribution in [0, 0.1) is 0 Å². The minimum atomic E-state index is -0.386. The van der Waals surface area contributed by atoms with Crippen molar-refractivity contribution in [3.63, 3.8) is 0 Å². The zero-order valence-electron chi connectivity index (χ0n) is 10.7. The number of benzene rings is 2. The highest BCUT2D eigenvalue weighted by Crippen LogP contribution is 2.25. The first-order valence-electron chi connectivity index (χ1n) is 6.08. The van der Waals surface area contributed by atoms with E-state index in [1.54, 1.807) is 42.5 Å². The normalized spacial score (nSPS) is 10.8. The SMILES string of the molecule is Nc1ccc2oc(C(=O)Nc3cc(Cl)cc(Cl)c3)cc2c1. The largest absolute Gasteiger partial charge is 0.451 e. The molecule has 3 rings (SSSR count). The Bertz CT molecular complexity index is 823. The molecule has 2 aromatic carbocycles. The number of rotatable bonds is 2. The van der Waals surface area contributed by atoms with Gasteiger partial charge in [-0.1, -0.05) is 23.2 Å². The first kappa shape index (κ1) is 13.8. The molecular formula is C15H10Cl2N2O2. The number of nitrogens with one attached hydrogen (secondary N) is 1. The lowest BCUT2D eigenvalue weighted by atomic mass is 10.2. The van der Waals surface area contributed by atoms with E-state index >= 15 is 0 Å². The van der Waals surface area contributed by atoms with Crippen molar-refractivity contribution in [3.05, 3.63) is 58.3 Å². The van der Waals surface area contributed by atoms with E-state index in [-0.39, 0.29) is 11.7 Å². The Labute approximate surface area is 130 Å². The molecule has 0 aliphatic carbocycles. The van der Waals surface area contributed by atoms with E-state index in [1.807, 2.05) is 0 Å². The van der Waals surface area contributed by atoms with Crippen molar-refractivity contribution in [2.24, 2.45) is 0 Å². The number of amides is 1. The van der Waals surface area contributed by atoms with Gasteiger partial charge in [0.05, 0.1) is 0 Å². The van der Waals surface area contributed by atoms with Gasteiger partial charge in [-0.15, -0.1) is 0 Å². The number of carbonyl (C=O) groups is 1. The van der Waals surface area contributed by atoms with Gasteiger partial charge < -0.3 is 15.5 Å². The maximum Gasteiger partial charge on any atom is 0.291 e. The van der Waals surface area contributed by atoms with Gasteiger partial charge in [-0.2, -0.15) is 0 Å². The molecule has 21 heavy (non-hydrogen) atoms. The molecule has 0 unspecified atom stereocenters. The summed E-state index contributed by atoms with van der Waals surface area (Å²) in [5.41, 5.74) is 7.40. The fraction of sp³-hybridized carbons (Fsp3) is 0. The maximum atomic E-state index is 12.2. The Morgan fingerprint density at radius 1 is 1.05 bits per heavy atom. The Morgan fingerprint density at radius 2 is 1.76 bits per heavy atom. The summed E-state index contributed by atoms with van der Waals surface area (Å²) in [7, 11) is 0. The highest BCUT2D eigenvalue weighted by molar-refractivity contribution is 6.35. The average Bonchev–Trinajstić information content (AvgIpc) is 2.80. The van der Waals surface area contributed by atoms with E-state index < -0.39 is 0 Å². The lowest BCUT2D eigenvalue weighted by Crippen LogP contribution is -2.10. The van der Waals surface area contributed by atoms with Crippen LogP contribution in [0.15, 0.2) is 46.9 Å². The number of hydrogen-bond acceptors (Lipinski definition) is 3. The summed E-state index contributed by atoms with van der Waals surface area (Å²) in [6.07, 6.45) is 0. The second-order valence-corrected chi connectivity index (χ2v) is 5.39. The van der Waals surface area contributed by atoms with Crippen molar-refractivity contribution in [2.75, 3.05) is 11.1 Å². The number of hydrogen-bond donors (Lipinski definition) is 2. The highest BCUT2D eigenvalue weighted by Gasteiger charge is 2.13. The van der Waals surface area contributed by atoms with Crippen LogP contribution in [0.3, 0.4) is 0 Å². The number of nitrogens with two attached hydrogens (primary N) is 1. The summed E-state index contributed by atoms with van der Waals surface area (Å²) in [4.78, 5) is 12.2. The molecular weight excluding hydrogens is 311 g/mol. The molecule has 4 nitrogen and oxygen atoms in total. The minimum absolute atomic E-state index is 0.187. The first-order chi connectivity index (χ1) is 10.0. The van der Waals surface area contributed by atoms with Crippen molar-refractivity contribution in [1.29, 1.82) is 0 Å². The van der Waals surface area contributed by atoms with Crippen LogP contribution in [0.4, 0.5) is 11.4 Å². The standard InChI is InChI=1S/C15H10Cl2N2O2/c16-9-5-10(17)7-12(6-9)19-15(20)14-4-8-3-11(18)1-2-13(8)21-14/h1-7H,18H2,(H,19,20). The van der Waals surface area contributed by atoms with Crippen molar-refractivity contribution in [3.8, 4) is 0 Å². The quantitative estimate of drug-likeness (QED) is 0.679. The van der Waals surface area contributed by atoms with Gasteiger partial charge >= 0.3 is 0 Å². The molecule has 0 aliphatic rings. The van der Waals surface area contributed by atoms with Crippen LogP contribution in [0.25, 0.3) is 11.0 Å². The maximum absolute atomic E-state index is 12.2. The van der Waals surface area contributed by atoms with Crippen molar-refractivity contribution < 1.29 is 9.21 Å². The fourth-order valence-electron chi connectivity index (χ4n) is 1.99. The molecule has 0 atom stereocenters. The van der Waals surface area contributed by atoms with Crippen molar-refractivity contribution in [1.82, 2.24) is 0 Å². The molecule has 3 N–H and O–H groups in total. The van der Waals surface area contributed by atoms with Crippen LogP contribution >= 0.6 is 23.2 Å². The summed E-state index contributed by atoms with van der Waals surface area (Å²) >= 11 is 11.8. The summed E-state index contributed by atoms with van der Waals surface area (Å²) in [6, 6.07) is 11.6. The molecule has 0 bridgehead atoms. The molecule has 0 fully saturated rings. The molecule has 0 saturated carbocycles. The number of anilines is 2. The molecule has 0 aliphatic heterocycles. The summed E-state index contributed by atoms with van der Waals surface area (Å²) in [6.45, 7) is 0. The predicted molar refractivity (Wildman–Crippen MR) is 85.0 cm³/mol. The van der Waals surface area contributed by atoms with Crippen LogP contribution < -0.4 is 11.1 Å². The summed E-state index contributed by atoms with van der Waals surface area (Å²) < 4.78 is 5.48. The van der Waals surface area contributed by atoms with E-state index in [4.69, 9.17) is 33.4 Å². The van der Waals surface area contributed by atoms with Crippen LogP contribution in [0.5, 0.6) is 0 Å². The van der Waals surface area contributed by atoms with Gasteiger partial charge in [-0.3, -0.25) is 4.79 Å². The molecule has 106 valence electrons. The van der Waals surface area contributed by atoms with Crippen LogP contribution in [-0.4, -0.2) is 5.91 Å². The number of nitrogen functional groups attached to an aromatic ring is 1. The van der Waals surface area contributed by atoms with Gasteiger partial charge in [0.1, 0.15) is 5.58 Å². The van der Waals surface area contributed by atoms with Gasteiger partial charge in [0, 0.05) is 26.8 Å². The predicted octanol–water partition coefficient (Wildman–Crippen LogP) is 4.57. The lowest BCUT2D eigenvalue weighted by Gasteiger charge is -2.04. The van der Waals surface area contributed by atoms with Gasteiger partial charge in [-0.05, 0) is 42.5 Å². The van der Waals surface area contributed by atoms with E-state index in [0.29, 0.717) is 27.0 Å². The smallest absolute Gasteiger partial charge is 0.291 e. The third-order valence-corrected chi connectivity index (χ3v) is 3.32. The minimum Gasteiger partial charge on any atom is -0.451 e. The van der Waals surface area contributed by atoms with Gasteiger partial charge in [0.15, 0.2) is 5.76 Å². The molecule has 0 saturated heterocycles. The number of halogens is 2. The highest BCUT2D eigenvalue weighted by atomic mass is 35.5. The number of carbonyl (C=O) groups excluding carboxylic acids is 1. The van der Waals surface area contributed by atoms with Crippen LogP contribution in [0.2, 0.25) is 10.0 Å². The zero-order chi connectivity index (χ0) is 15.0. The molecule has 6 heteroatoms. The van der Waals surface area contributed by atoms with Gasteiger partial charge in [0.25, 0.3) is 5.91 Å². The van der Waals surface area contributed by atoms with Crippen LogP contribution in [-0.2, 0) is 0 Å². The summed E-state index contributed by atoms with van der Waals surface area (Å²) in [5, 5.41) is 4.33. The van der Waals surface area contributed by atoms with E-state index in [2.05, 4.69) is 5.32 Å². The van der Waals surface area contributed by atoms with Gasteiger partial charge in [0.2, 0.25) is 0 Å². The monoisotopic (exact) mass is 320 g/mol. The Morgan fingerprint density at radius 3 is 2.48 bits per heavy atom. The Balaban J connectivity index is 1.89. The van der Waals surface area contributed by atoms with E-state index in [0.717, 1.165) is 5.39 Å². The molecule has 0 spiro atoms. The first-order valence-corrected chi connectivity index (χ1v) is 6.83. The molecule has 0 radical (unpaired) electrons. The fourth-order valence-corrected chi connectivity index (χ4v) is 2.52. The third-order valence-electron chi connectivity index (χ3n) is 2.88. The van der Waals surface area contributed by atoms with Crippen LogP contribution in [0.1, 0.15) is 10.6 Å². The molecule has 3 aromatic rings. The molecule has 1 amide bonds. The lowest BCUT2D eigenvalue weighted by molar-refractivity contribution is 0.0998. The second kappa shape index (κ2) is 5.31. The summed E-state index contributed by atoms with van der Waals surface area (Å²) in [5.74, 6) is -0.199. The number of furan rings is 1. The van der Waals surface area contributed by atoms with Crippen molar-refractivity contribution in [2.45, 2.75) is 0 Å². The van der Waals surface area contributed by atoms with E-state index in [1.165, 1.54) is 0 Å². The molecule has 1 aromatic heterocycles. The average molecular weight is 321 g/mol. The van der Waals surface area contributed by atoms with Gasteiger partial charge in [-0.25, -0.2) is 0 Å². The Hall–Kier alpha value is -2.17. The second-order valence-electron chi connectivity index (χ2n) is 4.52. The third kappa shape index (κ3) is 2.96. The Kier molecular flexibility index (Phi) is 3.49. The topological polar surface area (TPSA) is 68.3 Å². The number of fused-ring (bicyclic) bond motifs is 1. The zero-order valence-corrected chi connectivity index (χ0v) is 12.2. The molecule has 1 heterocycles. The van der Waals surface area contributed by atoms with Crippen molar-refractivity contribution >= 4 is 51.5 Å².